The van der Waals surface area contributed by atoms with E-state index in [4.69, 9.17) is 9.47 Å². The fraction of sp³-hybridized carbons (Fsp3) is 0.524. The van der Waals surface area contributed by atoms with Crippen molar-refractivity contribution in [3.63, 3.8) is 0 Å². The lowest BCUT2D eigenvalue weighted by Gasteiger charge is -2.32. The zero-order valence-corrected chi connectivity index (χ0v) is 18.1. The van der Waals surface area contributed by atoms with E-state index in [1.54, 1.807) is 25.7 Å². The number of likely N-dealkylation sites (tertiary alicyclic amines) is 1. The molecule has 1 aromatic carbocycles. The van der Waals surface area contributed by atoms with Crippen LogP contribution in [0.2, 0.25) is 0 Å². The molecule has 0 amide bonds. The van der Waals surface area contributed by atoms with Gasteiger partial charge in [0.15, 0.2) is 0 Å². The molecular weight excluding hydrogens is 420 g/mol. The van der Waals surface area contributed by atoms with E-state index in [1.807, 2.05) is 0 Å². The summed E-state index contributed by atoms with van der Waals surface area (Å²) in [6, 6.07) is 6.68. The molecule has 0 unspecified atom stereocenters. The molecular formula is C21H29BrN4O2. The Morgan fingerprint density at radius 3 is 2.54 bits per heavy atom. The molecule has 0 atom stereocenters. The third kappa shape index (κ3) is 5.14. The average molecular weight is 449 g/mol. The molecule has 4 rings (SSSR count). The summed E-state index contributed by atoms with van der Waals surface area (Å²) in [7, 11) is 1.77. The van der Waals surface area contributed by atoms with Gasteiger partial charge in [-0.2, -0.15) is 0 Å². The van der Waals surface area contributed by atoms with Crippen LogP contribution in [0.15, 0.2) is 36.8 Å². The van der Waals surface area contributed by atoms with Crippen molar-refractivity contribution in [2.24, 2.45) is 0 Å². The van der Waals surface area contributed by atoms with Crippen molar-refractivity contribution in [3.8, 4) is 11.6 Å². The van der Waals surface area contributed by atoms with Crippen LogP contribution in [0.3, 0.4) is 0 Å². The molecule has 0 spiro atoms. The van der Waals surface area contributed by atoms with Crippen LogP contribution in [0.4, 0.5) is 5.69 Å². The molecule has 2 fully saturated rings. The highest BCUT2D eigenvalue weighted by molar-refractivity contribution is 8.93. The summed E-state index contributed by atoms with van der Waals surface area (Å²) >= 11 is 0. The Labute approximate surface area is 177 Å². The van der Waals surface area contributed by atoms with Crippen molar-refractivity contribution in [2.45, 2.75) is 38.3 Å². The molecule has 6 nitrogen and oxygen atoms in total. The van der Waals surface area contributed by atoms with Crippen molar-refractivity contribution in [3.05, 3.63) is 42.4 Å². The predicted octanol–water partition coefficient (Wildman–Crippen LogP) is 3.71. The Morgan fingerprint density at radius 1 is 1.07 bits per heavy atom. The molecule has 0 N–H and O–H groups in total. The Bertz CT molecular complexity index is 732. The van der Waals surface area contributed by atoms with Crippen molar-refractivity contribution in [1.82, 2.24) is 14.9 Å². The Hall–Kier alpha value is -1.86. The van der Waals surface area contributed by atoms with E-state index < -0.39 is 0 Å². The second kappa shape index (κ2) is 10.1. The number of aromatic nitrogens is 2. The topological polar surface area (TPSA) is 50.7 Å². The van der Waals surface area contributed by atoms with Crippen LogP contribution in [0, 0.1) is 0 Å². The highest BCUT2D eigenvalue weighted by atomic mass is 79.9. The van der Waals surface area contributed by atoms with Gasteiger partial charge in [-0.1, -0.05) is 6.07 Å². The second-order valence-electron chi connectivity index (χ2n) is 7.34. The summed E-state index contributed by atoms with van der Waals surface area (Å²) in [4.78, 5) is 13.2. The number of ether oxygens (including phenoxy) is 2. The number of methoxy groups -OCH3 is 1. The van der Waals surface area contributed by atoms with Crippen LogP contribution in [0.1, 0.15) is 31.2 Å². The Balaban J connectivity index is 0.00000225. The van der Waals surface area contributed by atoms with E-state index in [0.717, 1.165) is 51.3 Å². The average Bonchev–Trinajstić information content (AvgIpc) is 3.25. The minimum absolute atomic E-state index is 0. The monoisotopic (exact) mass is 448 g/mol. The maximum atomic E-state index is 5.94. The van der Waals surface area contributed by atoms with Crippen molar-refractivity contribution in [1.29, 1.82) is 0 Å². The molecule has 3 heterocycles. The molecule has 2 aliphatic heterocycles. The maximum Gasteiger partial charge on any atom is 0.232 e. The molecule has 2 aliphatic rings. The molecule has 2 aromatic rings. The van der Waals surface area contributed by atoms with Gasteiger partial charge in [-0.3, -0.25) is 9.88 Å². The van der Waals surface area contributed by atoms with Gasteiger partial charge >= 0.3 is 0 Å². The first-order valence-corrected chi connectivity index (χ1v) is 9.89. The molecule has 1 aromatic heterocycles. The van der Waals surface area contributed by atoms with Gasteiger partial charge in [-0.25, -0.2) is 4.98 Å². The number of rotatable bonds is 6. The van der Waals surface area contributed by atoms with E-state index >= 15 is 0 Å². The lowest BCUT2D eigenvalue weighted by molar-refractivity contribution is 0.0928. The van der Waals surface area contributed by atoms with Gasteiger partial charge in [0.25, 0.3) is 0 Å². The van der Waals surface area contributed by atoms with Crippen LogP contribution in [0.5, 0.6) is 11.6 Å². The highest BCUT2D eigenvalue weighted by Crippen LogP contribution is 2.32. The molecule has 2 saturated heterocycles. The summed E-state index contributed by atoms with van der Waals surface area (Å²) in [5.41, 5.74) is 2.54. The minimum Gasteiger partial charge on any atom is -0.495 e. The van der Waals surface area contributed by atoms with Crippen molar-refractivity contribution < 1.29 is 9.47 Å². The standard InChI is InChI=1S/C21H28N4O2.BrH/c1-26-20-14-17(4-5-19(20)25-10-2-3-11-25)16-24-12-6-18(7-13-24)27-21-15-22-8-9-23-21;/h4-5,8-9,14-15,18H,2-3,6-7,10-13,16H2,1H3;1H. The quantitative estimate of drug-likeness (QED) is 0.671. The summed E-state index contributed by atoms with van der Waals surface area (Å²) in [6.45, 7) is 5.28. The lowest BCUT2D eigenvalue weighted by atomic mass is 10.1. The third-order valence-corrected chi connectivity index (χ3v) is 5.46. The van der Waals surface area contributed by atoms with E-state index in [1.165, 1.54) is 24.1 Å². The molecule has 0 radical (unpaired) electrons. The normalized spacial score (nSPS) is 18.0. The van der Waals surface area contributed by atoms with E-state index in [2.05, 4.69) is 38.0 Å². The summed E-state index contributed by atoms with van der Waals surface area (Å²) in [5, 5.41) is 0. The van der Waals surface area contributed by atoms with Gasteiger partial charge in [0, 0.05) is 45.1 Å². The number of piperidine rings is 1. The first-order valence-electron chi connectivity index (χ1n) is 9.89. The van der Waals surface area contributed by atoms with Gasteiger partial charge in [0.2, 0.25) is 5.88 Å². The van der Waals surface area contributed by atoms with Crippen LogP contribution in [-0.2, 0) is 6.54 Å². The minimum atomic E-state index is 0. The zero-order valence-electron chi connectivity index (χ0n) is 16.4. The fourth-order valence-corrected chi connectivity index (χ4v) is 4.00. The molecule has 0 aliphatic carbocycles. The summed E-state index contributed by atoms with van der Waals surface area (Å²) in [5.74, 6) is 1.62. The zero-order chi connectivity index (χ0) is 18.5. The number of nitrogens with zero attached hydrogens (tertiary/aromatic N) is 4. The third-order valence-electron chi connectivity index (χ3n) is 5.46. The summed E-state index contributed by atoms with van der Waals surface area (Å²) in [6.07, 6.45) is 9.82. The van der Waals surface area contributed by atoms with Gasteiger partial charge in [0.1, 0.15) is 11.9 Å². The first kappa shape index (κ1) is 20.9. The van der Waals surface area contributed by atoms with E-state index in [0.29, 0.717) is 5.88 Å². The fourth-order valence-electron chi connectivity index (χ4n) is 4.00. The largest absolute Gasteiger partial charge is 0.495 e. The SMILES string of the molecule is Br.COc1cc(CN2CCC(Oc3cnccn3)CC2)ccc1N1CCCC1. The van der Waals surface area contributed by atoms with Crippen molar-refractivity contribution >= 4 is 22.7 Å². The number of hydrogen-bond donors (Lipinski definition) is 0. The number of anilines is 1. The van der Waals surface area contributed by atoms with Crippen LogP contribution >= 0.6 is 17.0 Å². The predicted molar refractivity (Wildman–Crippen MR) is 116 cm³/mol. The number of hydrogen-bond acceptors (Lipinski definition) is 6. The second-order valence-corrected chi connectivity index (χ2v) is 7.34. The smallest absolute Gasteiger partial charge is 0.232 e. The summed E-state index contributed by atoms with van der Waals surface area (Å²) < 4.78 is 11.6. The molecule has 152 valence electrons. The molecule has 0 bridgehead atoms. The maximum absolute atomic E-state index is 5.94. The highest BCUT2D eigenvalue weighted by Gasteiger charge is 2.22. The van der Waals surface area contributed by atoms with Crippen LogP contribution in [0.25, 0.3) is 0 Å². The van der Waals surface area contributed by atoms with E-state index in [-0.39, 0.29) is 23.1 Å². The van der Waals surface area contributed by atoms with E-state index in [9.17, 15) is 0 Å². The number of benzene rings is 1. The van der Waals surface area contributed by atoms with Crippen LogP contribution in [-0.4, -0.2) is 54.3 Å². The van der Waals surface area contributed by atoms with Crippen LogP contribution < -0.4 is 14.4 Å². The molecule has 0 saturated carbocycles. The van der Waals surface area contributed by atoms with Gasteiger partial charge in [-0.05, 0) is 43.4 Å². The number of halogens is 1. The lowest BCUT2D eigenvalue weighted by Crippen LogP contribution is -2.37. The van der Waals surface area contributed by atoms with Gasteiger partial charge in [0.05, 0.1) is 19.0 Å². The van der Waals surface area contributed by atoms with Gasteiger partial charge < -0.3 is 14.4 Å². The Kier molecular flexibility index (Phi) is 7.50. The van der Waals surface area contributed by atoms with Gasteiger partial charge in [-0.15, -0.1) is 17.0 Å². The molecule has 7 heteroatoms. The molecule has 28 heavy (non-hydrogen) atoms. The first-order chi connectivity index (χ1) is 13.3. The van der Waals surface area contributed by atoms with Crippen molar-refractivity contribution in [2.75, 3.05) is 38.2 Å². The Morgan fingerprint density at radius 2 is 1.86 bits per heavy atom.